The Kier molecular flexibility index (Phi) is 5.09. The van der Waals surface area contributed by atoms with Crippen LogP contribution in [0.25, 0.3) is 10.9 Å². The number of carbonyl (C=O) groups is 1. The Hall–Kier alpha value is -3.35. The summed E-state index contributed by atoms with van der Waals surface area (Å²) in [4.78, 5) is 38.3. The molecular formula is C21H23N3O4. The largest absolute Gasteiger partial charge is 0.459 e. The van der Waals surface area contributed by atoms with Crippen molar-refractivity contribution in [3.05, 3.63) is 74.9 Å². The number of hydrogen-bond acceptors (Lipinski definition) is 5. The highest BCUT2D eigenvalue weighted by Gasteiger charge is 2.20. The Labute approximate surface area is 162 Å². The molecule has 0 spiro atoms. The zero-order chi connectivity index (χ0) is 20.5. The molecule has 3 rings (SSSR count). The zero-order valence-electron chi connectivity index (χ0n) is 16.1. The first-order valence-corrected chi connectivity index (χ1v) is 8.94. The summed E-state index contributed by atoms with van der Waals surface area (Å²) in [6.07, 6.45) is 0. The van der Waals surface area contributed by atoms with E-state index in [-0.39, 0.29) is 13.1 Å². The van der Waals surface area contributed by atoms with Crippen LogP contribution in [0.3, 0.4) is 0 Å². The molecule has 0 bridgehead atoms. The first-order chi connectivity index (χ1) is 13.2. The molecule has 0 atom stereocenters. The van der Waals surface area contributed by atoms with Gasteiger partial charge in [0.05, 0.1) is 17.4 Å². The van der Waals surface area contributed by atoms with E-state index in [2.05, 4.69) is 0 Å². The van der Waals surface area contributed by atoms with Gasteiger partial charge in [0.25, 0.3) is 5.56 Å². The molecule has 2 aromatic carbocycles. The van der Waals surface area contributed by atoms with E-state index in [9.17, 15) is 14.4 Å². The van der Waals surface area contributed by atoms with Crippen LogP contribution in [0.5, 0.6) is 0 Å². The van der Waals surface area contributed by atoms with Crippen molar-refractivity contribution in [3.8, 4) is 0 Å². The first kappa shape index (κ1) is 19.4. The van der Waals surface area contributed by atoms with Crippen LogP contribution >= 0.6 is 0 Å². The lowest BCUT2D eigenvalue weighted by Crippen LogP contribution is -2.42. The molecule has 1 aromatic heterocycles. The topological polar surface area (TPSA) is 96.3 Å². The van der Waals surface area contributed by atoms with Gasteiger partial charge in [0.15, 0.2) is 0 Å². The van der Waals surface area contributed by atoms with Gasteiger partial charge in [-0.15, -0.1) is 0 Å². The molecule has 7 heteroatoms. The van der Waals surface area contributed by atoms with Crippen LogP contribution in [0, 0.1) is 0 Å². The van der Waals surface area contributed by atoms with Crippen molar-refractivity contribution in [1.29, 1.82) is 0 Å². The smallest absolute Gasteiger partial charge is 0.332 e. The van der Waals surface area contributed by atoms with Gasteiger partial charge in [-0.3, -0.25) is 18.7 Å². The summed E-state index contributed by atoms with van der Waals surface area (Å²) in [6, 6.07) is 13.7. The molecule has 7 nitrogen and oxygen atoms in total. The van der Waals surface area contributed by atoms with Crippen molar-refractivity contribution in [2.24, 2.45) is 0 Å². The molecule has 0 aliphatic heterocycles. The van der Waals surface area contributed by atoms with Crippen molar-refractivity contribution >= 4 is 22.6 Å². The number of benzene rings is 2. The molecule has 0 saturated heterocycles. The number of nitrogens with zero attached hydrogens (tertiary/aromatic N) is 2. The van der Waals surface area contributed by atoms with Crippen molar-refractivity contribution < 1.29 is 9.53 Å². The van der Waals surface area contributed by atoms with Gasteiger partial charge in [-0.05, 0) is 50.6 Å². The van der Waals surface area contributed by atoms with Crippen molar-refractivity contribution in [3.63, 3.8) is 0 Å². The molecular weight excluding hydrogens is 358 g/mol. The SMILES string of the molecule is CC(C)(C)OC(=O)Cn1c(=O)n(Cc2ccc(N)cc2)c(=O)c2ccccc21. The Morgan fingerprint density at radius 2 is 1.64 bits per heavy atom. The van der Waals surface area contributed by atoms with Crippen LogP contribution in [-0.2, 0) is 22.6 Å². The standard InChI is InChI=1S/C21H23N3O4/c1-21(2,3)28-18(25)13-23-17-7-5-4-6-16(17)19(26)24(20(23)27)12-14-8-10-15(22)11-9-14/h4-11H,12-13,22H2,1-3H3. The van der Waals surface area contributed by atoms with Crippen molar-refractivity contribution in [2.75, 3.05) is 5.73 Å². The second kappa shape index (κ2) is 7.34. The minimum absolute atomic E-state index is 0.0805. The van der Waals surface area contributed by atoms with Crippen molar-refractivity contribution in [2.45, 2.75) is 39.5 Å². The highest BCUT2D eigenvalue weighted by atomic mass is 16.6. The fourth-order valence-electron chi connectivity index (χ4n) is 2.97. The highest BCUT2D eigenvalue weighted by Crippen LogP contribution is 2.12. The summed E-state index contributed by atoms with van der Waals surface area (Å²) >= 11 is 0. The maximum atomic E-state index is 13.1. The number of ether oxygens (including phenoxy) is 1. The summed E-state index contributed by atoms with van der Waals surface area (Å²) in [7, 11) is 0. The number of carbonyl (C=O) groups excluding carboxylic acids is 1. The Bertz CT molecular complexity index is 1140. The monoisotopic (exact) mass is 381 g/mol. The van der Waals surface area contributed by atoms with Gasteiger partial charge in [-0.25, -0.2) is 4.79 Å². The van der Waals surface area contributed by atoms with E-state index in [0.717, 1.165) is 10.1 Å². The quantitative estimate of drug-likeness (QED) is 0.552. The van der Waals surface area contributed by atoms with Gasteiger partial charge < -0.3 is 10.5 Å². The fourth-order valence-corrected chi connectivity index (χ4v) is 2.97. The van der Waals surface area contributed by atoms with E-state index in [1.54, 1.807) is 69.3 Å². The Balaban J connectivity index is 2.12. The number of anilines is 1. The molecule has 146 valence electrons. The van der Waals surface area contributed by atoms with Crippen LogP contribution in [0.4, 0.5) is 5.69 Å². The van der Waals surface area contributed by atoms with Gasteiger partial charge >= 0.3 is 11.7 Å². The Morgan fingerprint density at radius 1 is 1.00 bits per heavy atom. The second-order valence-corrected chi connectivity index (χ2v) is 7.61. The maximum absolute atomic E-state index is 13.1. The van der Waals surface area contributed by atoms with E-state index in [1.165, 1.54) is 4.57 Å². The summed E-state index contributed by atoms with van der Waals surface area (Å²) in [5.74, 6) is -0.544. The van der Waals surface area contributed by atoms with Crippen LogP contribution in [0.15, 0.2) is 58.1 Å². The Morgan fingerprint density at radius 3 is 2.29 bits per heavy atom. The van der Waals surface area contributed by atoms with Gasteiger partial charge in [-0.1, -0.05) is 24.3 Å². The van der Waals surface area contributed by atoms with Crippen LogP contribution in [0.1, 0.15) is 26.3 Å². The minimum Gasteiger partial charge on any atom is -0.459 e. The third kappa shape index (κ3) is 4.14. The lowest BCUT2D eigenvalue weighted by molar-refractivity contribution is -0.155. The van der Waals surface area contributed by atoms with E-state index in [4.69, 9.17) is 10.5 Å². The molecule has 0 aliphatic rings. The van der Waals surface area contributed by atoms with Gasteiger partial charge in [0.2, 0.25) is 0 Å². The molecule has 3 aromatic rings. The summed E-state index contributed by atoms with van der Waals surface area (Å²) in [5.41, 5.74) is 5.81. The van der Waals surface area contributed by atoms with E-state index in [0.29, 0.717) is 16.6 Å². The van der Waals surface area contributed by atoms with Crippen molar-refractivity contribution in [1.82, 2.24) is 9.13 Å². The average molecular weight is 381 g/mol. The lowest BCUT2D eigenvalue weighted by atomic mass is 10.2. The number of fused-ring (bicyclic) bond motifs is 1. The first-order valence-electron chi connectivity index (χ1n) is 8.94. The molecule has 0 aliphatic carbocycles. The molecule has 1 heterocycles. The molecule has 0 radical (unpaired) electrons. The van der Waals surface area contributed by atoms with E-state index >= 15 is 0 Å². The van der Waals surface area contributed by atoms with Crippen LogP contribution < -0.4 is 17.0 Å². The normalized spacial score (nSPS) is 11.5. The van der Waals surface area contributed by atoms with Gasteiger partial charge in [0.1, 0.15) is 12.1 Å². The number of hydrogen-bond donors (Lipinski definition) is 1. The third-order valence-corrected chi connectivity index (χ3v) is 4.16. The number of aromatic nitrogens is 2. The molecule has 0 saturated carbocycles. The molecule has 0 amide bonds. The molecule has 28 heavy (non-hydrogen) atoms. The lowest BCUT2D eigenvalue weighted by Gasteiger charge is -2.20. The number of nitrogens with two attached hydrogens (primary N) is 1. The van der Waals surface area contributed by atoms with E-state index in [1.807, 2.05) is 0 Å². The van der Waals surface area contributed by atoms with Crippen LogP contribution in [-0.4, -0.2) is 20.7 Å². The van der Waals surface area contributed by atoms with Gasteiger partial charge in [-0.2, -0.15) is 0 Å². The predicted octanol–water partition coefficient (Wildman–Crippen LogP) is 2.14. The summed E-state index contributed by atoms with van der Waals surface area (Å²) < 4.78 is 7.75. The second-order valence-electron chi connectivity index (χ2n) is 7.61. The highest BCUT2D eigenvalue weighted by molar-refractivity contribution is 5.80. The van der Waals surface area contributed by atoms with Crippen LogP contribution in [0.2, 0.25) is 0 Å². The molecule has 2 N–H and O–H groups in total. The minimum atomic E-state index is -0.672. The molecule has 0 fully saturated rings. The molecule has 0 unspecified atom stereocenters. The number of nitrogen functional groups attached to an aromatic ring is 1. The summed E-state index contributed by atoms with van der Waals surface area (Å²) in [6.45, 7) is 5.07. The average Bonchev–Trinajstić information content (AvgIpc) is 2.62. The number of rotatable bonds is 4. The predicted molar refractivity (Wildman–Crippen MR) is 108 cm³/mol. The zero-order valence-corrected chi connectivity index (χ0v) is 16.1. The van der Waals surface area contributed by atoms with E-state index < -0.39 is 22.8 Å². The fraction of sp³-hybridized carbons (Fsp3) is 0.286. The summed E-state index contributed by atoms with van der Waals surface area (Å²) in [5, 5.41) is 0.362. The number of esters is 1. The maximum Gasteiger partial charge on any atom is 0.332 e. The van der Waals surface area contributed by atoms with Gasteiger partial charge in [0, 0.05) is 5.69 Å². The number of para-hydroxylation sites is 1. The third-order valence-electron chi connectivity index (χ3n) is 4.16.